The smallest absolute Gasteiger partial charge is 0.228 e. The number of hydrogen-bond donors (Lipinski definition) is 2. The van der Waals surface area contributed by atoms with Crippen LogP contribution < -0.4 is 10.6 Å². The van der Waals surface area contributed by atoms with Crippen LogP contribution >= 0.6 is 11.6 Å². The van der Waals surface area contributed by atoms with E-state index >= 15 is 0 Å². The minimum atomic E-state index is -0.557. The van der Waals surface area contributed by atoms with E-state index in [1.807, 2.05) is 31.2 Å². The number of anilines is 2. The first-order valence-electron chi connectivity index (χ1n) is 11.1. The Kier molecular flexibility index (Phi) is 7.24. The van der Waals surface area contributed by atoms with Gasteiger partial charge in [-0.3, -0.25) is 14.4 Å². The van der Waals surface area contributed by atoms with Gasteiger partial charge in [-0.1, -0.05) is 65.7 Å². The standard InChI is InChI=1S/C28H25ClN2O3/c1-18-11-16-25(24(17-18)26(32)19-7-3-2-4-8-19)31-28(34)23-10-6-5-9-22(23)27(33)30-21-14-12-20(29)13-15-21/h2-8,11-17,22-23H,9-10H2,1H3,(H,30,33)(H,31,34). The van der Waals surface area contributed by atoms with E-state index in [9.17, 15) is 14.4 Å². The second kappa shape index (κ2) is 10.5. The summed E-state index contributed by atoms with van der Waals surface area (Å²) in [5.41, 5.74) is 2.95. The molecule has 172 valence electrons. The number of rotatable bonds is 6. The maximum absolute atomic E-state index is 13.3. The van der Waals surface area contributed by atoms with Crippen LogP contribution in [0.2, 0.25) is 5.02 Å². The van der Waals surface area contributed by atoms with Gasteiger partial charge in [0, 0.05) is 21.8 Å². The molecule has 6 heteroatoms. The van der Waals surface area contributed by atoms with Gasteiger partial charge in [0.25, 0.3) is 0 Å². The van der Waals surface area contributed by atoms with Gasteiger partial charge >= 0.3 is 0 Å². The molecule has 3 aromatic rings. The zero-order valence-electron chi connectivity index (χ0n) is 18.8. The SMILES string of the molecule is Cc1ccc(NC(=O)C2CC=CCC2C(=O)Nc2ccc(Cl)cc2)c(C(=O)c2ccccc2)c1. The summed E-state index contributed by atoms with van der Waals surface area (Å²) in [6.45, 7) is 1.90. The first-order chi connectivity index (χ1) is 16.4. The van der Waals surface area contributed by atoms with Gasteiger partial charge in [0.05, 0.1) is 17.5 Å². The van der Waals surface area contributed by atoms with E-state index in [0.29, 0.717) is 40.4 Å². The third-order valence-electron chi connectivity index (χ3n) is 5.93. The van der Waals surface area contributed by atoms with Crippen LogP contribution in [0, 0.1) is 18.8 Å². The van der Waals surface area contributed by atoms with Crippen molar-refractivity contribution in [3.8, 4) is 0 Å². The first-order valence-corrected chi connectivity index (χ1v) is 11.5. The molecule has 4 rings (SSSR count). The fourth-order valence-corrected chi connectivity index (χ4v) is 4.21. The maximum atomic E-state index is 13.3. The molecule has 0 spiro atoms. The largest absolute Gasteiger partial charge is 0.326 e. The van der Waals surface area contributed by atoms with Crippen molar-refractivity contribution in [1.29, 1.82) is 0 Å². The molecule has 0 saturated carbocycles. The Morgan fingerprint density at radius 2 is 1.41 bits per heavy atom. The summed E-state index contributed by atoms with van der Waals surface area (Å²) in [4.78, 5) is 39.5. The molecular formula is C28H25ClN2O3. The first kappa shape index (κ1) is 23.5. The number of benzene rings is 3. The molecule has 0 saturated heterocycles. The second-order valence-corrected chi connectivity index (χ2v) is 8.82. The Hall–Kier alpha value is -3.70. The highest BCUT2D eigenvalue weighted by molar-refractivity contribution is 6.30. The number of amides is 2. The van der Waals surface area contributed by atoms with Crippen molar-refractivity contribution in [3.63, 3.8) is 0 Å². The van der Waals surface area contributed by atoms with Gasteiger partial charge in [0.1, 0.15) is 0 Å². The lowest BCUT2D eigenvalue weighted by Gasteiger charge is -2.27. The van der Waals surface area contributed by atoms with E-state index in [-0.39, 0.29) is 17.6 Å². The van der Waals surface area contributed by atoms with Gasteiger partial charge in [-0.05, 0) is 56.2 Å². The van der Waals surface area contributed by atoms with Crippen LogP contribution in [0.1, 0.15) is 34.3 Å². The van der Waals surface area contributed by atoms with Crippen molar-refractivity contribution in [3.05, 3.63) is 107 Å². The maximum Gasteiger partial charge on any atom is 0.228 e. The van der Waals surface area contributed by atoms with Gasteiger partial charge in [0.15, 0.2) is 5.78 Å². The van der Waals surface area contributed by atoms with Crippen molar-refractivity contribution < 1.29 is 14.4 Å². The zero-order chi connectivity index (χ0) is 24.1. The van der Waals surface area contributed by atoms with Crippen LogP contribution in [0.4, 0.5) is 11.4 Å². The Morgan fingerprint density at radius 1 is 0.794 bits per heavy atom. The summed E-state index contributed by atoms with van der Waals surface area (Å²) in [5, 5.41) is 6.38. The van der Waals surface area contributed by atoms with Crippen molar-refractivity contribution in [2.75, 3.05) is 10.6 Å². The van der Waals surface area contributed by atoms with Crippen LogP contribution in [-0.4, -0.2) is 17.6 Å². The van der Waals surface area contributed by atoms with E-state index in [1.165, 1.54) is 0 Å². The Balaban J connectivity index is 1.54. The molecule has 34 heavy (non-hydrogen) atoms. The third kappa shape index (κ3) is 5.43. The van der Waals surface area contributed by atoms with Gasteiger partial charge < -0.3 is 10.6 Å². The molecule has 2 unspecified atom stereocenters. The summed E-state index contributed by atoms with van der Waals surface area (Å²) in [5.74, 6) is -1.76. The van der Waals surface area contributed by atoms with E-state index in [4.69, 9.17) is 11.6 Å². The number of allylic oxidation sites excluding steroid dienone is 2. The van der Waals surface area contributed by atoms with Crippen molar-refractivity contribution in [2.24, 2.45) is 11.8 Å². The highest BCUT2D eigenvalue weighted by Gasteiger charge is 2.34. The molecule has 0 aromatic heterocycles. The number of nitrogens with one attached hydrogen (secondary N) is 2. The number of halogens is 1. The molecule has 0 bridgehead atoms. The quantitative estimate of drug-likeness (QED) is 0.339. The zero-order valence-corrected chi connectivity index (χ0v) is 19.5. The highest BCUT2D eigenvalue weighted by Crippen LogP contribution is 2.30. The molecular weight excluding hydrogens is 448 g/mol. The van der Waals surface area contributed by atoms with Gasteiger partial charge in [-0.25, -0.2) is 0 Å². The molecule has 2 N–H and O–H groups in total. The molecule has 0 radical (unpaired) electrons. The van der Waals surface area contributed by atoms with E-state index in [2.05, 4.69) is 10.6 Å². The molecule has 5 nitrogen and oxygen atoms in total. The van der Waals surface area contributed by atoms with E-state index in [1.54, 1.807) is 60.7 Å². The summed E-state index contributed by atoms with van der Waals surface area (Å²) in [7, 11) is 0. The van der Waals surface area contributed by atoms with Gasteiger partial charge in [-0.2, -0.15) is 0 Å². The van der Waals surface area contributed by atoms with Crippen molar-refractivity contribution in [1.82, 2.24) is 0 Å². The molecule has 0 fully saturated rings. The van der Waals surface area contributed by atoms with E-state index < -0.39 is 11.8 Å². The number of aryl methyl sites for hydroxylation is 1. The molecule has 0 aliphatic heterocycles. The molecule has 3 aromatic carbocycles. The Labute approximate surface area is 203 Å². The predicted octanol–water partition coefficient (Wildman–Crippen LogP) is 6.04. The molecule has 2 atom stereocenters. The topological polar surface area (TPSA) is 75.3 Å². The number of carbonyl (C=O) groups excluding carboxylic acids is 3. The average Bonchev–Trinajstić information content (AvgIpc) is 2.86. The number of hydrogen-bond acceptors (Lipinski definition) is 3. The number of carbonyl (C=O) groups is 3. The lowest BCUT2D eigenvalue weighted by Crippen LogP contribution is -2.37. The van der Waals surface area contributed by atoms with Crippen LogP contribution in [0.25, 0.3) is 0 Å². The van der Waals surface area contributed by atoms with Crippen LogP contribution in [0.15, 0.2) is 84.9 Å². The molecule has 0 heterocycles. The van der Waals surface area contributed by atoms with Crippen molar-refractivity contribution in [2.45, 2.75) is 19.8 Å². The number of ketones is 1. The fourth-order valence-electron chi connectivity index (χ4n) is 4.09. The second-order valence-electron chi connectivity index (χ2n) is 8.39. The molecule has 1 aliphatic carbocycles. The minimum absolute atomic E-state index is 0.167. The third-order valence-corrected chi connectivity index (χ3v) is 6.18. The Morgan fingerprint density at radius 3 is 2.06 bits per heavy atom. The fraction of sp³-hybridized carbons (Fsp3) is 0.179. The lowest BCUT2D eigenvalue weighted by molar-refractivity contribution is -0.129. The summed E-state index contributed by atoms with van der Waals surface area (Å²) < 4.78 is 0. The predicted molar refractivity (Wildman–Crippen MR) is 135 cm³/mol. The molecule has 1 aliphatic rings. The van der Waals surface area contributed by atoms with Crippen LogP contribution in [0.5, 0.6) is 0 Å². The van der Waals surface area contributed by atoms with Crippen LogP contribution in [-0.2, 0) is 9.59 Å². The van der Waals surface area contributed by atoms with Crippen LogP contribution in [0.3, 0.4) is 0 Å². The highest BCUT2D eigenvalue weighted by atomic mass is 35.5. The summed E-state index contributed by atoms with van der Waals surface area (Å²) in [6.07, 6.45) is 4.74. The van der Waals surface area contributed by atoms with E-state index in [0.717, 1.165) is 5.56 Å². The Bertz CT molecular complexity index is 1240. The van der Waals surface area contributed by atoms with Crippen molar-refractivity contribution >= 4 is 40.6 Å². The minimum Gasteiger partial charge on any atom is -0.326 e. The average molecular weight is 473 g/mol. The summed E-state index contributed by atoms with van der Waals surface area (Å²) >= 11 is 5.92. The molecule has 2 amide bonds. The normalized spacial score (nSPS) is 17.1. The monoisotopic (exact) mass is 472 g/mol. The lowest BCUT2D eigenvalue weighted by atomic mass is 9.81. The van der Waals surface area contributed by atoms with Gasteiger partial charge in [-0.15, -0.1) is 0 Å². The van der Waals surface area contributed by atoms with Gasteiger partial charge in [0.2, 0.25) is 11.8 Å². The summed E-state index contributed by atoms with van der Waals surface area (Å²) in [6, 6.07) is 21.2.